The molecule has 0 amide bonds. The van der Waals surface area contributed by atoms with Crippen LogP contribution in [0, 0.1) is 17.1 Å². The molecule has 106 valence electrons. The van der Waals surface area contributed by atoms with Crippen molar-refractivity contribution >= 4 is 0 Å². The monoisotopic (exact) mass is 291 g/mol. The Morgan fingerprint density at radius 2 is 1.73 bits per heavy atom. The number of pyridine rings is 2. The van der Waals surface area contributed by atoms with Crippen molar-refractivity contribution in [3.8, 4) is 28.5 Å². The first kappa shape index (κ1) is 13.7. The van der Waals surface area contributed by atoms with E-state index >= 15 is 0 Å². The van der Waals surface area contributed by atoms with Crippen LogP contribution in [0.4, 0.5) is 4.39 Å². The lowest BCUT2D eigenvalue weighted by molar-refractivity contribution is 0.628. The second-order valence-corrected chi connectivity index (χ2v) is 4.66. The molecular formula is C17H10FN3O. The Bertz CT molecular complexity index is 909. The molecule has 0 aliphatic rings. The summed E-state index contributed by atoms with van der Waals surface area (Å²) in [6, 6.07) is 12.8. The fourth-order valence-electron chi connectivity index (χ4n) is 2.21. The highest BCUT2D eigenvalue weighted by Gasteiger charge is 2.12. The summed E-state index contributed by atoms with van der Waals surface area (Å²) < 4.78 is 13.1. The maximum atomic E-state index is 13.1. The van der Waals surface area contributed by atoms with Crippen molar-refractivity contribution in [3.63, 3.8) is 0 Å². The van der Waals surface area contributed by atoms with Crippen molar-refractivity contribution in [2.75, 3.05) is 0 Å². The average Bonchev–Trinajstić information content (AvgIpc) is 2.55. The number of halogens is 1. The Kier molecular flexibility index (Phi) is 3.50. The molecule has 0 fully saturated rings. The Labute approximate surface area is 125 Å². The molecule has 5 heteroatoms. The van der Waals surface area contributed by atoms with Crippen molar-refractivity contribution in [3.05, 3.63) is 76.6 Å². The molecule has 1 N–H and O–H groups in total. The zero-order valence-electron chi connectivity index (χ0n) is 11.4. The summed E-state index contributed by atoms with van der Waals surface area (Å²) in [5, 5.41) is 9.22. The molecule has 0 saturated heterocycles. The minimum absolute atomic E-state index is 0.00409. The van der Waals surface area contributed by atoms with Gasteiger partial charge >= 0.3 is 0 Å². The van der Waals surface area contributed by atoms with Crippen molar-refractivity contribution in [1.29, 1.82) is 5.26 Å². The van der Waals surface area contributed by atoms with E-state index in [1.807, 2.05) is 6.07 Å². The Morgan fingerprint density at radius 1 is 1.05 bits per heavy atom. The molecule has 0 spiro atoms. The van der Waals surface area contributed by atoms with Gasteiger partial charge in [-0.05, 0) is 35.9 Å². The van der Waals surface area contributed by atoms with Gasteiger partial charge in [-0.25, -0.2) is 4.39 Å². The maximum absolute atomic E-state index is 13.1. The van der Waals surface area contributed by atoms with Gasteiger partial charge in [-0.1, -0.05) is 12.1 Å². The van der Waals surface area contributed by atoms with Crippen LogP contribution < -0.4 is 5.56 Å². The lowest BCUT2D eigenvalue weighted by Crippen LogP contribution is -2.12. The van der Waals surface area contributed by atoms with E-state index in [1.165, 1.54) is 12.1 Å². The summed E-state index contributed by atoms with van der Waals surface area (Å²) in [7, 11) is 0. The molecule has 2 heterocycles. The predicted molar refractivity (Wildman–Crippen MR) is 80.4 cm³/mol. The SMILES string of the molecule is N#Cc1c(-c2ccc(F)cc2)cc(-c2ccncc2)[nH]c1=O. The summed E-state index contributed by atoms with van der Waals surface area (Å²) in [6.07, 6.45) is 3.23. The van der Waals surface area contributed by atoms with Gasteiger partial charge in [-0.15, -0.1) is 0 Å². The van der Waals surface area contributed by atoms with Gasteiger partial charge in [-0.3, -0.25) is 9.78 Å². The second kappa shape index (κ2) is 5.62. The topological polar surface area (TPSA) is 69.5 Å². The van der Waals surface area contributed by atoms with Crippen molar-refractivity contribution in [2.24, 2.45) is 0 Å². The third-order valence-corrected chi connectivity index (χ3v) is 3.29. The number of aromatic nitrogens is 2. The Balaban J connectivity index is 2.24. The Morgan fingerprint density at radius 3 is 2.36 bits per heavy atom. The standard InChI is InChI=1S/C17H10FN3O/c18-13-3-1-11(2-4-13)14-9-16(12-5-7-20-8-6-12)21-17(22)15(14)10-19/h1-9H,(H,21,22). The molecule has 4 nitrogen and oxygen atoms in total. The largest absolute Gasteiger partial charge is 0.321 e. The number of rotatable bonds is 2. The first-order chi connectivity index (χ1) is 10.7. The van der Waals surface area contributed by atoms with Gasteiger partial charge in [0, 0.05) is 29.2 Å². The molecule has 0 unspecified atom stereocenters. The quantitative estimate of drug-likeness (QED) is 0.788. The Hall–Kier alpha value is -3.26. The number of nitrogens with one attached hydrogen (secondary N) is 1. The van der Waals surface area contributed by atoms with E-state index in [4.69, 9.17) is 0 Å². The molecule has 2 aromatic heterocycles. The van der Waals surface area contributed by atoms with Crippen LogP contribution in [0.3, 0.4) is 0 Å². The first-order valence-corrected chi connectivity index (χ1v) is 6.53. The van der Waals surface area contributed by atoms with Crippen molar-refractivity contribution < 1.29 is 4.39 Å². The summed E-state index contributed by atoms with van der Waals surface area (Å²) in [5.74, 6) is -0.374. The van der Waals surface area contributed by atoms with Crippen LogP contribution in [0.25, 0.3) is 22.4 Å². The van der Waals surface area contributed by atoms with E-state index in [-0.39, 0.29) is 11.4 Å². The fraction of sp³-hybridized carbons (Fsp3) is 0. The van der Waals surface area contributed by atoms with Gasteiger partial charge in [0.05, 0.1) is 0 Å². The molecule has 3 rings (SSSR count). The normalized spacial score (nSPS) is 10.2. The van der Waals surface area contributed by atoms with Gasteiger partial charge in [0.15, 0.2) is 0 Å². The number of hydrogen-bond acceptors (Lipinski definition) is 3. The summed E-state index contributed by atoms with van der Waals surface area (Å²) in [6.45, 7) is 0. The van der Waals surface area contributed by atoms with E-state index in [0.29, 0.717) is 16.8 Å². The number of nitriles is 1. The summed E-state index contributed by atoms with van der Waals surface area (Å²) >= 11 is 0. The average molecular weight is 291 g/mol. The van der Waals surface area contributed by atoms with Gasteiger partial charge in [-0.2, -0.15) is 5.26 Å². The third-order valence-electron chi connectivity index (χ3n) is 3.29. The minimum Gasteiger partial charge on any atom is -0.321 e. The smallest absolute Gasteiger partial charge is 0.266 e. The lowest BCUT2D eigenvalue weighted by Gasteiger charge is -2.08. The number of aromatic amines is 1. The van der Waals surface area contributed by atoms with E-state index in [9.17, 15) is 14.4 Å². The molecule has 0 saturated carbocycles. The molecule has 0 atom stereocenters. The van der Waals surface area contributed by atoms with Crippen molar-refractivity contribution in [1.82, 2.24) is 9.97 Å². The molecule has 0 aliphatic heterocycles. The van der Waals surface area contributed by atoms with Crippen LogP contribution in [0.5, 0.6) is 0 Å². The highest BCUT2D eigenvalue weighted by atomic mass is 19.1. The molecule has 3 aromatic rings. The van der Waals surface area contributed by atoms with Crippen molar-refractivity contribution in [2.45, 2.75) is 0 Å². The zero-order chi connectivity index (χ0) is 15.5. The van der Waals surface area contributed by atoms with Crippen LogP contribution in [0.15, 0.2) is 59.7 Å². The van der Waals surface area contributed by atoms with Crippen LogP contribution in [-0.2, 0) is 0 Å². The van der Waals surface area contributed by atoms with Crippen LogP contribution in [0.1, 0.15) is 5.56 Å². The number of benzene rings is 1. The van der Waals surface area contributed by atoms with Gasteiger partial charge < -0.3 is 4.98 Å². The van der Waals surface area contributed by atoms with E-state index in [0.717, 1.165) is 5.56 Å². The number of nitrogens with zero attached hydrogens (tertiary/aromatic N) is 2. The van der Waals surface area contributed by atoms with Crippen LogP contribution >= 0.6 is 0 Å². The summed E-state index contributed by atoms with van der Waals surface area (Å²) in [4.78, 5) is 18.8. The maximum Gasteiger partial charge on any atom is 0.266 e. The third kappa shape index (κ3) is 2.50. The number of hydrogen-bond donors (Lipinski definition) is 1. The molecular weight excluding hydrogens is 281 g/mol. The van der Waals surface area contributed by atoms with Gasteiger partial charge in [0.1, 0.15) is 17.4 Å². The minimum atomic E-state index is -0.476. The highest BCUT2D eigenvalue weighted by molar-refractivity contribution is 5.75. The molecule has 0 bridgehead atoms. The predicted octanol–water partition coefficient (Wildman–Crippen LogP) is 3.11. The molecule has 0 radical (unpaired) electrons. The fourth-order valence-corrected chi connectivity index (χ4v) is 2.21. The van der Waals surface area contributed by atoms with Crippen LogP contribution in [0.2, 0.25) is 0 Å². The molecule has 0 aliphatic carbocycles. The lowest BCUT2D eigenvalue weighted by atomic mass is 9.99. The number of H-pyrrole nitrogens is 1. The van der Waals surface area contributed by atoms with E-state index in [2.05, 4.69) is 9.97 Å². The first-order valence-electron chi connectivity index (χ1n) is 6.53. The second-order valence-electron chi connectivity index (χ2n) is 4.66. The molecule has 22 heavy (non-hydrogen) atoms. The van der Waals surface area contributed by atoms with E-state index in [1.54, 1.807) is 42.7 Å². The molecule has 1 aromatic carbocycles. The van der Waals surface area contributed by atoms with E-state index < -0.39 is 5.56 Å². The van der Waals surface area contributed by atoms with Crippen LogP contribution in [-0.4, -0.2) is 9.97 Å². The highest BCUT2D eigenvalue weighted by Crippen LogP contribution is 2.25. The van der Waals surface area contributed by atoms with Gasteiger partial charge in [0.2, 0.25) is 0 Å². The van der Waals surface area contributed by atoms with Gasteiger partial charge in [0.25, 0.3) is 5.56 Å². The summed E-state index contributed by atoms with van der Waals surface area (Å²) in [5.41, 5.74) is 1.96. The zero-order valence-corrected chi connectivity index (χ0v) is 11.4.